The number of carboxylic acid groups (broad SMARTS) is 1. The Labute approximate surface area is 183 Å². The summed E-state index contributed by atoms with van der Waals surface area (Å²) in [6.07, 6.45) is -0.0259. The van der Waals surface area contributed by atoms with Crippen LogP contribution in [0.5, 0.6) is 0 Å². The Morgan fingerprint density at radius 2 is 1.65 bits per heavy atom. The van der Waals surface area contributed by atoms with Crippen molar-refractivity contribution in [3.05, 3.63) is 71.3 Å². The first-order valence-corrected chi connectivity index (χ1v) is 10.2. The number of amides is 1. The predicted molar refractivity (Wildman–Crippen MR) is 125 cm³/mol. The van der Waals surface area contributed by atoms with E-state index in [0.717, 1.165) is 38.6 Å². The maximum absolute atomic E-state index is 11.4. The Kier molecular flexibility index (Phi) is 7.95. The van der Waals surface area contributed by atoms with Gasteiger partial charge in [0.15, 0.2) is 0 Å². The van der Waals surface area contributed by atoms with Gasteiger partial charge in [0, 0.05) is 13.5 Å². The second-order valence-corrected chi connectivity index (χ2v) is 8.62. The third-order valence-electron chi connectivity index (χ3n) is 4.47. The van der Waals surface area contributed by atoms with Crippen molar-refractivity contribution in [3.8, 4) is 11.1 Å². The van der Waals surface area contributed by atoms with Crippen LogP contribution >= 0.6 is 0 Å². The van der Waals surface area contributed by atoms with Crippen LogP contribution in [0.15, 0.2) is 54.6 Å². The van der Waals surface area contributed by atoms with Crippen molar-refractivity contribution < 1.29 is 19.8 Å². The number of carboxylic acids is 1. The van der Waals surface area contributed by atoms with Crippen LogP contribution in [0.4, 0.5) is 0 Å². The van der Waals surface area contributed by atoms with Gasteiger partial charge in [-0.25, -0.2) is 0 Å². The number of nitrogens with one attached hydrogen (secondary N) is 1. The zero-order valence-electron chi connectivity index (χ0n) is 18.8. The molecule has 3 N–H and O–H groups in total. The lowest BCUT2D eigenvalue weighted by molar-refractivity contribution is -0.136. The van der Waals surface area contributed by atoms with E-state index in [2.05, 4.69) is 5.32 Å². The number of aliphatic carboxylic acids is 1. The van der Waals surface area contributed by atoms with Crippen LogP contribution < -0.4 is 5.32 Å². The van der Waals surface area contributed by atoms with E-state index in [1.807, 2.05) is 61.5 Å². The summed E-state index contributed by atoms with van der Waals surface area (Å²) < 4.78 is 0. The van der Waals surface area contributed by atoms with Gasteiger partial charge in [-0.1, -0.05) is 48.5 Å². The number of carbonyl (C=O) groups excluding carboxylic acids is 1. The van der Waals surface area contributed by atoms with E-state index in [-0.39, 0.29) is 12.3 Å². The molecule has 31 heavy (non-hydrogen) atoms. The van der Waals surface area contributed by atoms with Gasteiger partial charge in [-0.15, -0.1) is 0 Å². The van der Waals surface area contributed by atoms with Gasteiger partial charge in [0.05, 0.1) is 12.0 Å². The maximum atomic E-state index is 11.4. The second-order valence-electron chi connectivity index (χ2n) is 8.62. The lowest BCUT2D eigenvalue weighted by Crippen LogP contribution is -2.18. The molecule has 0 aromatic heterocycles. The molecule has 3 rings (SSSR count). The largest absolute Gasteiger partial charge is 0.481 e. The fourth-order valence-electron chi connectivity index (χ4n) is 3.30. The van der Waals surface area contributed by atoms with Gasteiger partial charge < -0.3 is 15.5 Å². The molecule has 0 saturated heterocycles. The third kappa shape index (κ3) is 7.54. The number of aryl methyl sites for hydroxylation is 1. The minimum absolute atomic E-state index is 0.0259. The minimum atomic E-state index is -0.848. The highest BCUT2D eigenvalue weighted by Crippen LogP contribution is 2.35. The molecule has 5 heteroatoms. The van der Waals surface area contributed by atoms with Crippen LogP contribution in [-0.4, -0.2) is 27.7 Å². The third-order valence-corrected chi connectivity index (χ3v) is 4.47. The first kappa shape index (κ1) is 24.1. The molecule has 0 unspecified atom stereocenters. The summed E-state index contributed by atoms with van der Waals surface area (Å²) in [5.74, 6) is -0.929. The van der Waals surface area contributed by atoms with Crippen molar-refractivity contribution in [1.82, 2.24) is 5.32 Å². The quantitative estimate of drug-likeness (QED) is 0.549. The molecule has 0 atom stereocenters. The Balaban J connectivity index is 0.000000614. The van der Waals surface area contributed by atoms with Crippen LogP contribution in [0.3, 0.4) is 0 Å². The summed E-state index contributed by atoms with van der Waals surface area (Å²) in [5.41, 5.74) is 4.18. The van der Waals surface area contributed by atoms with E-state index in [1.165, 1.54) is 6.92 Å². The monoisotopic (exact) mass is 421 g/mol. The van der Waals surface area contributed by atoms with Crippen molar-refractivity contribution in [2.24, 2.45) is 0 Å². The first-order chi connectivity index (χ1) is 14.5. The Morgan fingerprint density at radius 3 is 2.26 bits per heavy atom. The first-order valence-electron chi connectivity index (χ1n) is 10.2. The molecule has 3 aromatic rings. The smallest absolute Gasteiger partial charge is 0.307 e. The minimum Gasteiger partial charge on any atom is -0.481 e. The molecule has 0 heterocycles. The summed E-state index contributed by atoms with van der Waals surface area (Å²) in [6.45, 7) is 9.12. The molecular weight excluding hydrogens is 390 g/mol. The van der Waals surface area contributed by atoms with Crippen molar-refractivity contribution >= 4 is 22.6 Å². The molecule has 1 amide bonds. The average Bonchev–Trinajstić information content (AvgIpc) is 2.65. The molecule has 0 saturated carbocycles. The average molecular weight is 422 g/mol. The van der Waals surface area contributed by atoms with Crippen molar-refractivity contribution in [3.63, 3.8) is 0 Å². The predicted octanol–water partition coefficient (Wildman–Crippen LogP) is 4.86. The highest BCUT2D eigenvalue weighted by atomic mass is 16.4. The number of aliphatic hydroxyl groups is 1. The fraction of sp³-hybridized carbons (Fsp3) is 0.308. The second kappa shape index (κ2) is 10.2. The maximum Gasteiger partial charge on any atom is 0.307 e. The number of carbonyl (C=O) groups is 2. The van der Waals surface area contributed by atoms with Gasteiger partial charge in [-0.2, -0.15) is 0 Å². The number of rotatable bonds is 5. The lowest BCUT2D eigenvalue weighted by atomic mass is 9.88. The van der Waals surface area contributed by atoms with Crippen molar-refractivity contribution in [2.45, 2.75) is 53.2 Å². The van der Waals surface area contributed by atoms with Gasteiger partial charge in [-0.05, 0) is 72.4 Å². The Bertz CT molecular complexity index is 1070. The fourth-order valence-corrected chi connectivity index (χ4v) is 3.30. The summed E-state index contributed by atoms with van der Waals surface area (Å²) in [5, 5.41) is 22.8. The summed E-state index contributed by atoms with van der Waals surface area (Å²) in [7, 11) is 0. The molecule has 0 fully saturated rings. The zero-order valence-corrected chi connectivity index (χ0v) is 18.8. The normalized spacial score (nSPS) is 10.9. The number of benzene rings is 3. The summed E-state index contributed by atoms with van der Waals surface area (Å²) in [6, 6.07) is 17.9. The molecule has 0 bridgehead atoms. The number of hydrogen-bond acceptors (Lipinski definition) is 3. The molecule has 0 spiro atoms. The van der Waals surface area contributed by atoms with Crippen LogP contribution in [0.2, 0.25) is 0 Å². The molecule has 0 aliphatic rings. The lowest BCUT2D eigenvalue weighted by Gasteiger charge is -2.16. The molecule has 0 aliphatic carbocycles. The molecule has 3 aromatic carbocycles. The highest BCUT2D eigenvalue weighted by molar-refractivity contribution is 6.00. The van der Waals surface area contributed by atoms with Crippen molar-refractivity contribution in [1.29, 1.82) is 0 Å². The molecule has 0 aliphatic heterocycles. The van der Waals surface area contributed by atoms with Crippen LogP contribution in [0, 0.1) is 6.92 Å². The molecular formula is C26H31NO4. The zero-order chi connectivity index (χ0) is 23.2. The molecule has 5 nitrogen and oxygen atoms in total. The SMILES string of the molecule is CC(=O)NCc1cccc(-c2c(CC(=O)O)c(C)cc3ccccc23)c1.CC(C)(C)O. The van der Waals surface area contributed by atoms with E-state index >= 15 is 0 Å². The molecule has 0 radical (unpaired) electrons. The van der Waals surface area contributed by atoms with E-state index in [4.69, 9.17) is 5.11 Å². The Morgan fingerprint density at radius 1 is 1.00 bits per heavy atom. The van der Waals surface area contributed by atoms with Gasteiger partial charge >= 0.3 is 5.97 Å². The van der Waals surface area contributed by atoms with Crippen LogP contribution in [0.1, 0.15) is 44.4 Å². The highest BCUT2D eigenvalue weighted by Gasteiger charge is 2.16. The van der Waals surface area contributed by atoms with Crippen molar-refractivity contribution in [2.75, 3.05) is 0 Å². The number of fused-ring (bicyclic) bond motifs is 1. The number of hydrogen-bond donors (Lipinski definition) is 3. The molecule has 164 valence electrons. The summed E-state index contributed by atoms with van der Waals surface area (Å²) >= 11 is 0. The van der Waals surface area contributed by atoms with Gasteiger partial charge in [0.25, 0.3) is 0 Å². The van der Waals surface area contributed by atoms with Gasteiger partial charge in [-0.3, -0.25) is 9.59 Å². The van der Waals surface area contributed by atoms with E-state index in [9.17, 15) is 14.7 Å². The van der Waals surface area contributed by atoms with E-state index in [0.29, 0.717) is 6.54 Å². The van der Waals surface area contributed by atoms with E-state index < -0.39 is 11.6 Å². The van der Waals surface area contributed by atoms with Crippen LogP contribution in [0.25, 0.3) is 21.9 Å². The van der Waals surface area contributed by atoms with Gasteiger partial charge in [0.2, 0.25) is 5.91 Å². The standard InChI is InChI=1S/C22H21NO3.C4H10O/c1-14-10-17-7-3-4-9-19(17)22(20(14)12-21(25)26)18-8-5-6-16(11-18)13-23-15(2)24;1-4(2,3)5/h3-11H,12-13H2,1-2H3,(H,23,24)(H,25,26);5H,1-3H3. The topological polar surface area (TPSA) is 86.6 Å². The Hall–Kier alpha value is -3.18. The van der Waals surface area contributed by atoms with E-state index in [1.54, 1.807) is 20.8 Å². The summed E-state index contributed by atoms with van der Waals surface area (Å²) in [4.78, 5) is 22.6. The van der Waals surface area contributed by atoms with Gasteiger partial charge in [0.1, 0.15) is 0 Å². The van der Waals surface area contributed by atoms with Crippen LogP contribution in [-0.2, 0) is 22.6 Å².